The first-order valence-electron chi connectivity index (χ1n) is 7.03. The van der Waals surface area contributed by atoms with Gasteiger partial charge in [-0.2, -0.15) is 0 Å². The molecule has 3 heteroatoms. The number of hydrogen-bond acceptors (Lipinski definition) is 2. The molecule has 0 radical (unpaired) electrons. The molecule has 1 heterocycles. The van der Waals surface area contributed by atoms with E-state index in [1.165, 1.54) is 12.8 Å². The van der Waals surface area contributed by atoms with Gasteiger partial charge in [-0.05, 0) is 37.1 Å². The van der Waals surface area contributed by atoms with Crippen molar-refractivity contribution < 1.29 is 4.79 Å². The van der Waals surface area contributed by atoms with Gasteiger partial charge in [0.15, 0.2) is 0 Å². The Morgan fingerprint density at radius 2 is 1.88 bits per heavy atom. The number of hydrogen-bond donors (Lipinski definition) is 2. The average Bonchev–Trinajstić information content (AvgIpc) is 2.29. The van der Waals surface area contributed by atoms with Crippen LogP contribution in [0.25, 0.3) is 0 Å². The lowest BCUT2D eigenvalue weighted by molar-refractivity contribution is -0.124. The Hall–Kier alpha value is -0.570. The molecule has 1 rings (SSSR count). The van der Waals surface area contributed by atoms with E-state index in [2.05, 4.69) is 38.3 Å². The van der Waals surface area contributed by atoms with E-state index in [1.807, 2.05) is 0 Å². The van der Waals surface area contributed by atoms with Crippen LogP contribution in [0.4, 0.5) is 0 Å². The summed E-state index contributed by atoms with van der Waals surface area (Å²) in [5, 5.41) is 6.40. The zero-order valence-electron chi connectivity index (χ0n) is 11.8. The zero-order valence-corrected chi connectivity index (χ0v) is 11.8. The largest absolute Gasteiger partial charge is 0.354 e. The topological polar surface area (TPSA) is 41.1 Å². The van der Waals surface area contributed by atoms with Crippen molar-refractivity contribution >= 4 is 5.91 Å². The van der Waals surface area contributed by atoms with Gasteiger partial charge in [0, 0.05) is 6.54 Å². The maximum atomic E-state index is 12.0. The van der Waals surface area contributed by atoms with Gasteiger partial charge >= 0.3 is 0 Å². The summed E-state index contributed by atoms with van der Waals surface area (Å²) in [6.45, 7) is 10.7. The molecule has 3 nitrogen and oxygen atoms in total. The first-order valence-corrected chi connectivity index (χ1v) is 7.03. The fraction of sp³-hybridized carbons (Fsp3) is 0.929. The number of carbonyl (C=O) groups excluding carboxylic acids is 1. The van der Waals surface area contributed by atoms with Gasteiger partial charge in [0.1, 0.15) is 0 Å². The fourth-order valence-electron chi connectivity index (χ4n) is 2.66. The van der Waals surface area contributed by atoms with Gasteiger partial charge in [-0.25, -0.2) is 0 Å². The molecule has 1 saturated heterocycles. The van der Waals surface area contributed by atoms with Crippen LogP contribution in [-0.2, 0) is 4.79 Å². The van der Waals surface area contributed by atoms with E-state index in [4.69, 9.17) is 0 Å². The summed E-state index contributed by atoms with van der Waals surface area (Å²) in [5.41, 5.74) is 0. The molecule has 1 aliphatic heterocycles. The first-order chi connectivity index (χ1) is 8.02. The van der Waals surface area contributed by atoms with Crippen molar-refractivity contribution in [2.75, 3.05) is 13.1 Å². The summed E-state index contributed by atoms with van der Waals surface area (Å²) in [4.78, 5) is 12.0. The molecule has 1 fully saturated rings. The lowest BCUT2D eigenvalue weighted by Crippen LogP contribution is -2.48. The third-order valence-corrected chi connectivity index (χ3v) is 3.85. The fourth-order valence-corrected chi connectivity index (χ4v) is 2.66. The van der Waals surface area contributed by atoms with Crippen LogP contribution in [0.2, 0.25) is 0 Å². The zero-order chi connectivity index (χ0) is 12.8. The minimum atomic E-state index is 0.0451. The highest BCUT2D eigenvalue weighted by Crippen LogP contribution is 2.19. The van der Waals surface area contributed by atoms with E-state index in [-0.39, 0.29) is 11.9 Å². The Labute approximate surface area is 106 Å². The molecular weight excluding hydrogens is 212 g/mol. The predicted octanol–water partition coefficient (Wildman–Crippen LogP) is 2.17. The second kappa shape index (κ2) is 7.00. The molecule has 2 N–H and O–H groups in total. The second-order valence-electron chi connectivity index (χ2n) is 5.90. The normalized spacial score (nSPS) is 21.2. The molecule has 0 unspecified atom stereocenters. The Bertz CT molecular complexity index is 224. The van der Waals surface area contributed by atoms with Gasteiger partial charge in [0.05, 0.1) is 6.04 Å². The van der Waals surface area contributed by atoms with Crippen LogP contribution in [0.15, 0.2) is 0 Å². The van der Waals surface area contributed by atoms with Crippen molar-refractivity contribution in [2.24, 2.45) is 17.8 Å². The molecule has 0 aliphatic carbocycles. The van der Waals surface area contributed by atoms with Crippen molar-refractivity contribution in [1.29, 1.82) is 0 Å². The van der Waals surface area contributed by atoms with E-state index in [0.29, 0.717) is 17.8 Å². The summed E-state index contributed by atoms with van der Waals surface area (Å²) in [6, 6.07) is 0.0451. The van der Waals surface area contributed by atoms with Crippen molar-refractivity contribution in [3.8, 4) is 0 Å². The van der Waals surface area contributed by atoms with E-state index < -0.39 is 0 Å². The van der Waals surface area contributed by atoms with Crippen LogP contribution in [0.3, 0.4) is 0 Å². The summed E-state index contributed by atoms with van der Waals surface area (Å²) in [6.07, 6.45) is 3.35. The highest BCUT2D eigenvalue weighted by atomic mass is 16.2. The standard InChI is InChI=1S/C14H28N2O/c1-10(2)12(11(3)4)9-16-14(17)13-7-5-6-8-15-13/h10-13,15H,5-9H2,1-4H3,(H,16,17)/t13-/m0/s1. The van der Waals surface area contributed by atoms with E-state index >= 15 is 0 Å². The Morgan fingerprint density at radius 1 is 1.24 bits per heavy atom. The highest BCUT2D eigenvalue weighted by molar-refractivity contribution is 5.81. The SMILES string of the molecule is CC(C)C(CNC(=O)[C@@H]1CCCCN1)C(C)C. The van der Waals surface area contributed by atoms with Crippen molar-refractivity contribution in [3.05, 3.63) is 0 Å². The number of amides is 1. The molecule has 1 amide bonds. The molecule has 17 heavy (non-hydrogen) atoms. The van der Waals surface area contributed by atoms with Gasteiger partial charge in [0.25, 0.3) is 0 Å². The minimum Gasteiger partial charge on any atom is -0.354 e. The van der Waals surface area contributed by atoms with Gasteiger partial charge < -0.3 is 10.6 Å². The Morgan fingerprint density at radius 3 is 2.35 bits per heavy atom. The maximum Gasteiger partial charge on any atom is 0.237 e. The smallest absolute Gasteiger partial charge is 0.237 e. The van der Waals surface area contributed by atoms with Crippen LogP contribution in [-0.4, -0.2) is 25.0 Å². The minimum absolute atomic E-state index is 0.0451. The maximum absolute atomic E-state index is 12.0. The molecule has 0 bridgehead atoms. The van der Waals surface area contributed by atoms with E-state index in [0.717, 1.165) is 19.5 Å². The summed E-state index contributed by atoms with van der Waals surface area (Å²) >= 11 is 0. The number of rotatable bonds is 5. The van der Waals surface area contributed by atoms with Crippen molar-refractivity contribution in [2.45, 2.75) is 53.0 Å². The van der Waals surface area contributed by atoms with Crippen LogP contribution in [0, 0.1) is 17.8 Å². The van der Waals surface area contributed by atoms with Crippen molar-refractivity contribution in [3.63, 3.8) is 0 Å². The van der Waals surface area contributed by atoms with Gasteiger partial charge in [0.2, 0.25) is 5.91 Å². The molecular formula is C14H28N2O. The molecule has 1 atom stereocenters. The van der Waals surface area contributed by atoms with Gasteiger partial charge in [-0.1, -0.05) is 34.1 Å². The lowest BCUT2D eigenvalue weighted by atomic mass is 9.85. The summed E-state index contributed by atoms with van der Waals surface area (Å²) in [7, 11) is 0. The van der Waals surface area contributed by atoms with Gasteiger partial charge in [-0.3, -0.25) is 4.79 Å². The Balaban J connectivity index is 2.35. The average molecular weight is 240 g/mol. The third-order valence-electron chi connectivity index (χ3n) is 3.85. The molecule has 0 saturated carbocycles. The summed E-state index contributed by atoms with van der Waals surface area (Å²) in [5.74, 6) is 2.00. The number of carbonyl (C=O) groups is 1. The summed E-state index contributed by atoms with van der Waals surface area (Å²) < 4.78 is 0. The monoisotopic (exact) mass is 240 g/mol. The van der Waals surface area contributed by atoms with Crippen LogP contribution in [0.5, 0.6) is 0 Å². The first kappa shape index (κ1) is 14.5. The third kappa shape index (κ3) is 4.66. The molecule has 0 aromatic carbocycles. The molecule has 100 valence electrons. The highest BCUT2D eigenvalue weighted by Gasteiger charge is 2.23. The number of piperidine rings is 1. The quantitative estimate of drug-likeness (QED) is 0.773. The van der Waals surface area contributed by atoms with Crippen LogP contribution < -0.4 is 10.6 Å². The predicted molar refractivity (Wildman–Crippen MR) is 71.8 cm³/mol. The molecule has 0 spiro atoms. The molecule has 0 aromatic heterocycles. The van der Waals surface area contributed by atoms with Crippen LogP contribution >= 0.6 is 0 Å². The number of nitrogens with one attached hydrogen (secondary N) is 2. The van der Waals surface area contributed by atoms with Crippen molar-refractivity contribution in [1.82, 2.24) is 10.6 Å². The van der Waals surface area contributed by atoms with Gasteiger partial charge in [-0.15, -0.1) is 0 Å². The van der Waals surface area contributed by atoms with E-state index in [1.54, 1.807) is 0 Å². The lowest BCUT2D eigenvalue weighted by Gasteiger charge is -2.27. The second-order valence-corrected chi connectivity index (χ2v) is 5.90. The Kier molecular flexibility index (Phi) is 5.96. The van der Waals surface area contributed by atoms with E-state index in [9.17, 15) is 4.79 Å². The molecule has 1 aliphatic rings. The van der Waals surface area contributed by atoms with Crippen LogP contribution in [0.1, 0.15) is 47.0 Å². The molecule has 0 aromatic rings.